The molecule has 0 saturated carbocycles. The number of amides is 1. The van der Waals surface area contributed by atoms with E-state index in [0.717, 1.165) is 28.6 Å². The fourth-order valence-corrected chi connectivity index (χ4v) is 3.50. The Morgan fingerprint density at radius 2 is 2.08 bits per heavy atom. The van der Waals surface area contributed by atoms with Gasteiger partial charge < -0.3 is 9.84 Å². The van der Waals surface area contributed by atoms with Gasteiger partial charge in [-0.15, -0.1) is 11.3 Å². The first-order valence-corrected chi connectivity index (χ1v) is 10.0. The molecule has 1 amide bonds. The van der Waals surface area contributed by atoms with Gasteiger partial charge in [0.05, 0.1) is 0 Å². The summed E-state index contributed by atoms with van der Waals surface area (Å²) < 4.78 is 6.20. The molecule has 0 fully saturated rings. The number of rotatable bonds is 8. The summed E-state index contributed by atoms with van der Waals surface area (Å²) in [6, 6.07) is 8.17. The molecule has 3 rings (SSSR count). The van der Waals surface area contributed by atoms with E-state index in [1.54, 1.807) is 6.20 Å². The van der Waals surface area contributed by atoms with E-state index in [1.165, 1.54) is 16.9 Å². The van der Waals surface area contributed by atoms with Gasteiger partial charge in [-0.25, -0.2) is 4.98 Å². The molecule has 6 nitrogen and oxygen atoms in total. The summed E-state index contributed by atoms with van der Waals surface area (Å²) in [7, 11) is 0. The quantitative estimate of drug-likeness (QED) is 0.567. The van der Waals surface area contributed by atoms with E-state index in [4.69, 9.17) is 4.52 Å². The van der Waals surface area contributed by atoms with Crippen LogP contribution in [0, 0.1) is 0 Å². The highest BCUT2D eigenvalue weighted by Gasteiger charge is 2.11. The molecule has 1 N–H and O–H groups in total. The van der Waals surface area contributed by atoms with E-state index in [1.807, 2.05) is 12.1 Å². The highest BCUT2D eigenvalue weighted by Crippen LogP contribution is 2.22. The lowest BCUT2D eigenvalue weighted by molar-refractivity contribution is -0.116. The molecule has 0 unspecified atom stereocenters. The summed E-state index contributed by atoms with van der Waals surface area (Å²) in [6.07, 6.45) is 5.07. The normalized spacial score (nSPS) is 10.8. The van der Waals surface area contributed by atoms with Crippen molar-refractivity contribution in [1.29, 1.82) is 0 Å². The number of anilines is 1. The summed E-state index contributed by atoms with van der Waals surface area (Å²) >= 11 is 4.92. The molecule has 0 radical (unpaired) electrons. The zero-order chi connectivity index (χ0) is 18.4. The minimum atomic E-state index is -0.107. The molecule has 0 atom stereocenters. The van der Waals surface area contributed by atoms with Gasteiger partial charge in [0.15, 0.2) is 11.0 Å². The van der Waals surface area contributed by atoms with Crippen molar-refractivity contribution in [1.82, 2.24) is 15.1 Å². The summed E-state index contributed by atoms with van der Waals surface area (Å²) in [5, 5.41) is 7.33. The number of nitrogens with one attached hydrogen (secondary N) is 1. The molecule has 8 heteroatoms. The third kappa shape index (κ3) is 5.47. The van der Waals surface area contributed by atoms with Crippen LogP contribution in [0.25, 0.3) is 0 Å². The second-order valence-electron chi connectivity index (χ2n) is 5.84. The van der Waals surface area contributed by atoms with Crippen molar-refractivity contribution in [3.63, 3.8) is 0 Å². The van der Waals surface area contributed by atoms with Crippen LogP contribution in [-0.4, -0.2) is 21.0 Å². The van der Waals surface area contributed by atoms with Crippen LogP contribution < -0.4 is 5.32 Å². The van der Waals surface area contributed by atoms with Crippen LogP contribution in [-0.2, 0) is 24.1 Å². The van der Waals surface area contributed by atoms with Gasteiger partial charge in [-0.3, -0.25) is 4.79 Å². The Labute approximate surface area is 164 Å². The van der Waals surface area contributed by atoms with Gasteiger partial charge in [0.25, 0.3) is 0 Å². The van der Waals surface area contributed by atoms with E-state index < -0.39 is 0 Å². The zero-order valence-corrected chi connectivity index (χ0v) is 16.8. The van der Waals surface area contributed by atoms with Gasteiger partial charge in [0.1, 0.15) is 0 Å². The predicted octanol–water partition coefficient (Wildman–Crippen LogP) is 4.40. The van der Waals surface area contributed by atoms with Crippen molar-refractivity contribution in [2.45, 2.75) is 39.0 Å². The Kier molecular flexibility index (Phi) is 6.51. The second kappa shape index (κ2) is 9.05. The standard InChI is InChI=1S/C18H19BrN4O2S/c1-2-3-15-21-17(25-23-15)9-8-16(24)22-18-20-11-14(26-18)10-12-4-6-13(19)7-5-12/h4-7,11H,2-3,8-10H2,1H3,(H,20,22,24). The lowest BCUT2D eigenvalue weighted by Gasteiger charge is -2.00. The average Bonchev–Trinajstić information content (AvgIpc) is 3.25. The molecule has 0 aliphatic heterocycles. The maximum Gasteiger partial charge on any atom is 0.227 e. The highest BCUT2D eigenvalue weighted by atomic mass is 79.9. The predicted molar refractivity (Wildman–Crippen MR) is 104 cm³/mol. The largest absolute Gasteiger partial charge is 0.339 e. The molecule has 2 aromatic heterocycles. The lowest BCUT2D eigenvalue weighted by Crippen LogP contribution is -2.12. The third-order valence-corrected chi connectivity index (χ3v) is 5.08. The Balaban J connectivity index is 1.48. The zero-order valence-electron chi connectivity index (χ0n) is 14.4. The van der Waals surface area contributed by atoms with Crippen LogP contribution in [0.4, 0.5) is 5.13 Å². The molecule has 0 aliphatic rings. The van der Waals surface area contributed by atoms with Gasteiger partial charge >= 0.3 is 0 Å². The third-order valence-electron chi connectivity index (χ3n) is 3.64. The maximum absolute atomic E-state index is 12.1. The summed E-state index contributed by atoms with van der Waals surface area (Å²) in [4.78, 5) is 21.7. The van der Waals surface area contributed by atoms with E-state index in [-0.39, 0.29) is 12.3 Å². The Morgan fingerprint density at radius 1 is 1.27 bits per heavy atom. The number of halogens is 1. The van der Waals surface area contributed by atoms with Gasteiger partial charge in [-0.05, 0) is 24.1 Å². The Hall–Kier alpha value is -2.06. The molecule has 3 aromatic rings. The number of hydrogen-bond acceptors (Lipinski definition) is 6. The van der Waals surface area contributed by atoms with E-state index >= 15 is 0 Å². The average molecular weight is 435 g/mol. The number of aryl methyl sites for hydroxylation is 2. The number of benzene rings is 1. The summed E-state index contributed by atoms with van der Waals surface area (Å²) in [6.45, 7) is 2.06. The molecule has 0 bridgehead atoms. The topological polar surface area (TPSA) is 80.9 Å². The second-order valence-corrected chi connectivity index (χ2v) is 7.87. The van der Waals surface area contributed by atoms with Crippen LogP contribution in [0.15, 0.2) is 39.5 Å². The minimum absolute atomic E-state index is 0.107. The first kappa shape index (κ1) is 18.7. The van der Waals surface area contributed by atoms with Crippen molar-refractivity contribution < 1.29 is 9.32 Å². The van der Waals surface area contributed by atoms with Crippen LogP contribution >= 0.6 is 27.3 Å². The van der Waals surface area contributed by atoms with E-state index in [2.05, 4.69) is 55.4 Å². The van der Waals surface area contributed by atoms with Crippen molar-refractivity contribution >= 4 is 38.3 Å². The lowest BCUT2D eigenvalue weighted by atomic mass is 10.1. The van der Waals surface area contributed by atoms with Gasteiger partial charge in [-0.1, -0.05) is 40.1 Å². The SMILES string of the molecule is CCCc1noc(CCC(=O)Nc2ncc(Cc3ccc(Br)cc3)s2)n1. The molecular weight excluding hydrogens is 416 g/mol. The molecule has 136 valence electrons. The molecular formula is C18H19BrN4O2S. The van der Waals surface area contributed by atoms with E-state index in [0.29, 0.717) is 23.3 Å². The van der Waals surface area contributed by atoms with Crippen molar-refractivity contribution in [3.8, 4) is 0 Å². The number of aromatic nitrogens is 3. The molecule has 1 aromatic carbocycles. The molecule has 0 saturated heterocycles. The van der Waals surface area contributed by atoms with Gasteiger partial charge in [0, 0.05) is 41.2 Å². The van der Waals surface area contributed by atoms with Crippen LogP contribution in [0.5, 0.6) is 0 Å². The molecule has 2 heterocycles. The monoisotopic (exact) mass is 434 g/mol. The maximum atomic E-state index is 12.1. The number of carbonyl (C=O) groups excluding carboxylic acids is 1. The van der Waals surface area contributed by atoms with E-state index in [9.17, 15) is 4.79 Å². The Morgan fingerprint density at radius 3 is 2.85 bits per heavy atom. The van der Waals surface area contributed by atoms with Crippen LogP contribution in [0.1, 0.15) is 41.9 Å². The number of thiazole rings is 1. The van der Waals surface area contributed by atoms with Gasteiger partial charge in [0.2, 0.25) is 11.8 Å². The van der Waals surface area contributed by atoms with Gasteiger partial charge in [-0.2, -0.15) is 4.98 Å². The summed E-state index contributed by atoms with van der Waals surface area (Å²) in [5.74, 6) is 1.09. The van der Waals surface area contributed by atoms with Crippen LogP contribution in [0.3, 0.4) is 0 Å². The highest BCUT2D eigenvalue weighted by molar-refractivity contribution is 9.10. The Bertz CT molecular complexity index is 860. The van der Waals surface area contributed by atoms with Crippen molar-refractivity contribution in [3.05, 3.63) is 57.1 Å². The first-order valence-electron chi connectivity index (χ1n) is 8.43. The number of hydrogen-bond donors (Lipinski definition) is 1. The summed E-state index contributed by atoms with van der Waals surface area (Å²) in [5.41, 5.74) is 1.20. The smallest absolute Gasteiger partial charge is 0.227 e. The molecule has 0 aliphatic carbocycles. The van der Waals surface area contributed by atoms with Crippen molar-refractivity contribution in [2.24, 2.45) is 0 Å². The molecule has 0 spiro atoms. The molecule has 26 heavy (non-hydrogen) atoms. The fourth-order valence-electron chi connectivity index (χ4n) is 2.37. The first-order chi connectivity index (χ1) is 12.6. The van der Waals surface area contributed by atoms with Crippen LogP contribution in [0.2, 0.25) is 0 Å². The number of carbonyl (C=O) groups is 1. The fraction of sp³-hybridized carbons (Fsp3) is 0.333. The number of nitrogens with zero attached hydrogens (tertiary/aromatic N) is 3. The minimum Gasteiger partial charge on any atom is -0.339 e. The van der Waals surface area contributed by atoms with Crippen molar-refractivity contribution in [2.75, 3.05) is 5.32 Å².